The van der Waals surface area contributed by atoms with Gasteiger partial charge in [-0.2, -0.15) is 0 Å². The van der Waals surface area contributed by atoms with E-state index in [2.05, 4.69) is 56.8 Å². The molecule has 10 atom stereocenters. The van der Waals surface area contributed by atoms with Crippen molar-refractivity contribution in [2.75, 3.05) is 13.1 Å². The number of rotatable bonds is 17. The highest BCUT2D eigenvalue weighted by molar-refractivity contribution is 6.00. The number of hydrogen-bond donors (Lipinski definition) is 17. The number of carboxylic acid groups (broad SMARTS) is 1. The third-order valence-corrected chi connectivity index (χ3v) is 14.3. The molecule has 0 fully saturated rings. The van der Waals surface area contributed by atoms with Crippen LogP contribution in [0, 0.1) is 0 Å². The summed E-state index contributed by atoms with van der Waals surface area (Å²) in [7, 11) is 0. The zero-order chi connectivity index (χ0) is 58.2. The first kappa shape index (κ1) is 57.5. The van der Waals surface area contributed by atoms with E-state index in [0.29, 0.717) is 38.5 Å². The molecule has 6 aromatic rings. The lowest BCUT2D eigenvalue weighted by Gasteiger charge is -2.34. The van der Waals surface area contributed by atoms with E-state index in [9.17, 15) is 39.0 Å². The summed E-state index contributed by atoms with van der Waals surface area (Å²) in [4.78, 5) is 131. The second kappa shape index (κ2) is 25.0. The van der Waals surface area contributed by atoms with Crippen LogP contribution in [0.15, 0.2) is 89.2 Å². The van der Waals surface area contributed by atoms with Gasteiger partial charge in [-0.1, -0.05) is 42.5 Å². The van der Waals surface area contributed by atoms with Crippen LogP contribution in [0.2, 0.25) is 0 Å². The number of fused-ring (bicyclic) bond motifs is 8. The molecule has 3 aromatic carbocycles. The molecule has 6 heterocycles. The lowest BCUT2D eigenvalue weighted by Crippen LogP contribution is -2.63. The number of primary amides is 1. The Morgan fingerprint density at radius 3 is 2.21 bits per heavy atom. The van der Waals surface area contributed by atoms with Gasteiger partial charge in [-0.05, 0) is 67.5 Å². The number of aromatic amines is 3. The van der Waals surface area contributed by atoms with Gasteiger partial charge >= 0.3 is 5.97 Å². The number of aliphatic imine (C=N–C) groups is 2. The lowest BCUT2D eigenvalue weighted by atomic mass is 9.86. The number of hydrogen-bond acceptors (Lipinski definition) is 13. The van der Waals surface area contributed by atoms with Gasteiger partial charge in [0, 0.05) is 76.8 Å². The number of nitrogens with two attached hydrogens (primary N) is 6. The van der Waals surface area contributed by atoms with Gasteiger partial charge in [0.05, 0.1) is 24.1 Å². The van der Waals surface area contributed by atoms with Gasteiger partial charge < -0.3 is 96.2 Å². The monoisotopic (exact) mass is 1120 g/mol. The van der Waals surface area contributed by atoms with E-state index in [4.69, 9.17) is 39.1 Å². The molecule has 28 heteroatoms. The Bertz CT molecular complexity index is 3430. The fourth-order valence-corrected chi connectivity index (χ4v) is 10.2. The maximum atomic E-state index is 15.2. The molecule has 81 heavy (non-hydrogen) atoms. The van der Waals surface area contributed by atoms with Gasteiger partial charge in [0.15, 0.2) is 18.0 Å². The molecule has 0 spiro atoms. The van der Waals surface area contributed by atoms with Crippen LogP contribution in [0.25, 0.3) is 32.7 Å². The fourth-order valence-electron chi connectivity index (χ4n) is 10.2. The number of H-pyrrole nitrogens is 3. The molecule has 0 saturated heterocycles. The van der Waals surface area contributed by atoms with E-state index in [1.807, 2.05) is 6.07 Å². The number of carbonyl (C=O) groups is 8. The molecule has 28 nitrogen and oxygen atoms in total. The number of aromatic nitrogens is 3. The number of aliphatic carboxylic acids is 1. The van der Waals surface area contributed by atoms with E-state index >= 15 is 9.59 Å². The normalized spacial score (nSPS) is 21.6. The van der Waals surface area contributed by atoms with E-state index in [1.54, 1.807) is 67.0 Å². The van der Waals surface area contributed by atoms with Gasteiger partial charge in [-0.15, -0.1) is 0 Å². The van der Waals surface area contributed by atoms with Crippen LogP contribution < -0.4 is 71.0 Å². The highest BCUT2D eigenvalue weighted by atomic mass is 16.5. The zero-order valence-corrected chi connectivity index (χ0v) is 43.9. The molecule has 0 radical (unpaired) electrons. The highest BCUT2D eigenvalue weighted by Gasteiger charge is 2.43. The first-order valence-corrected chi connectivity index (χ1v) is 26.0. The molecule has 8 bridgehead atoms. The number of nitrogens with one attached hydrogen (secondary N) is 9. The number of benzene rings is 3. The number of nitrogens with zero attached hydrogens (tertiary/aromatic N) is 2. The van der Waals surface area contributed by atoms with Crippen LogP contribution in [0.1, 0.15) is 66.9 Å². The van der Waals surface area contributed by atoms with Crippen molar-refractivity contribution in [3.8, 4) is 5.75 Å². The van der Waals surface area contributed by atoms with Crippen LogP contribution in [-0.4, -0.2) is 146 Å². The Labute approximate surface area is 461 Å². The fraction of sp³-hybridized carbons (Fsp3) is 0.358. The number of aliphatic hydroxyl groups excluding tert-OH is 1. The number of ether oxygens (including phenoxy) is 1. The molecule has 0 saturated carbocycles. The number of carbonyl (C=O) groups excluding carboxylic acids is 7. The van der Waals surface area contributed by atoms with E-state index in [0.717, 1.165) is 10.9 Å². The number of amides is 7. The summed E-state index contributed by atoms with van der Waals surface area (Å²) in [6.45, 7) is 1.07. The Morgan fingerprint density at radius 2 is 1.48 bits per heavy atom. The topological polar surface area (TPSA) is 487 Å². The largest absolute Gasteiger partial charge is 0.481 e. The van der Waals surface area contributed by atoms with Gasteiger partial charge in [-0.3, -0.25) is 43.5 Å². The van der Waals surface area contributed by atoms with Crippen LogP contribution in [-0.2, 0) is 51.2 Å². The molecule has 23 N–H and O–H groups in total. The highest BCUT2D eigenvalue weighted by Crippen LogP contribution is 2.37. The Morgan fingerprint density at radius 1 is 0.753 bits per heavy atom. The minimum absolute atomic E-state index is 0.000570. The van der Waals surface area contributed by atoms with Crippen molar-refractivity contribution >= 4 is 91.9 Å². The minimum Gasteiger partial charge on any atom is -0.481 e. The first-order valence-electron chi connectivity index (χ1n) is 26.0. The SMILES string of the molecule is C[C@@H](O)[C@@H]1NC(=O)[C@H]2NC(=O)[C@H](CC(N)=O)NC(=O)[C@@H](N)Cc3c[nH]c4c(cccc34)O[C@@H]2c2c[nH]c3cc(ccc23)C(CCN=C(N)N)[C@@H](C(=O)N[C@@H](CCCN=C(N)N)C(=O)N[C@@H](Cc2c[nH]c3ccccc23)C(=O)O)NC1=O. The summed E-state index contributed by atoms with van der Waals surface area (Å²) >= 11 is 0. The first-order chi connectivity index (χ1) is 38.7. The zero-order valence-electron chi connectivity index (χ0n) is 43.9. The average Bonchev–Trinajstić information content (AvgIpc) is 4.33. The molecule has 428 valence electrons. The smallest absolute Gasteiger partial charge is 0.326 e. The van der Waals surface area contributed by atoms with Crippen LogP contribution in [0.3, 0.4) is 0 Å². The maximum Gasteiger partial charge on any atom is 0.326 e. The summed E-state index contributed by atoms with van der Waals surface area (Å²) in [6.07, 6.45) is 0.564. The third kappa shape index (κ3) is 13.4. The van der Waals surface area contributed by atoms with Crippen molar-refractivity contribution in [1.82, 2.24) is 46.9 Å². The molecule has 7 amide bonds. The Kier molecular flexibility index (Phi) is 17.7. The lowest BCUT2D eigenvalue weighted by molar-refractivity contribution is -0.142. The van der Waals surface area contributed by atoms with Crippen molar-refractivity contribution in [3.63, 3.8) is 0 Å². The molecule has 3 aliphatic heterocycles. The number of para-hydroxylation sites is 2. The Hall–Kier alpha value is -9.70. The standard InChI is InChI=1S/C53H65N17O11/c1-23(71)40-48(76)69-42(49(77)65-34(9-5-14-60-52(56)57)46(74)67-37(51(79)80)18-26-20-62-33-8-3-2-6-27(26)33)29(13-15-61-53(58)59)24-11-12-30-31(22-63-35(30)17-24)44-43(50(78)68-40)70-47(75)36(19-39(55)72)66-45(73)32(54)16-25-21-64-41-28(25)7-4-10-38(41)81-44/h2-4,6-8,10-12,17,20-23,29,32,34,36-37,40,42-44,62-64,71H,5,9,13-16,18-19,54H2,1H3,(H2,55,72)(H,65,77)(H,66,73)(H,67,74)(H,68,78)(H,69,76)(H,70,75)(H,79,80)(H4,56,57,60)(H4,58,59,61)/t23-,29?,32+,34+,36+,37+,40+,42+,43+,44-/m1/s1. The van der Waals surface area contributed by atoms with E-state index in [1.165, 1.54) is 13.1 Å². The molecule has 1 unspecified atom stereocenters. The summed E-state index contributed by atoms with van der Waals surface area (Å²) in [5, 5.41) is 39.2. The summed E-state index contributed by atoms with van der Waals surface area (Å²) in [5.41, 5.74) is 38.0. The van der Waals surface area contributed by atoms with Crippen molar-refractivity contribution in [2.45, 2.75) is 106 Å². The molecule has 9 rings (SSSR count). The predicted molar refractivity (Wildman–Crippen MR) is 296 cm³/mol. The molecule has 3 aliphatic rings. The van der Waals surface area contributed by atoms with Crippen LogP contribution in [0.5, 0.6) is 5.75 Å². The summed E-state index contributed by atoms with van der Waals surface area (Å²) in [5.74, 6) is -9.83. The maximum absolute atomic E-state index is 15.2. The van der Waals surface area contributed by atoms with Gasteiger partial charge in [0.25, 0.3) is 0 Å². The van der Waals surface area contributed by atoms with Crippen molar-refractivity contribution in [2.24, 2.45) is 44.4 Å². The van der Waals surface area contributed by atoms with Gasteiger partial charge in [0.2, 0.25) is 41.4 Å². The predicted octanol–water partition coefficient (Wildman–Crippen LogP) is -2.56. The second-order valence-electron chi connectivity index (χ2n) is 20.0. The average molecular weight is 1120 g/mol. The molecule has 3 aromatic heterocycles. The van der Waals surface area contributed by atoms with Crippen LogP contribution >= 0.6 is 0 Å². The minimum atomic E-state index is -1.92. The van der Waals surface area contributed by atoms with Gasteiger partial charge in [0.1, 0.15) is 42.0 Å². The van der Waals surface area contributed by atoms with E-state index < -0.39 is 114 Å². The van der Waals surface area contributed by atoms with Crippen molar-refractivity contribution in [3.05, 3.63) is 102 Å². The Balaban J connectivity index is 1.23. The summed E-state index contributed by atoms with van der Waals surface area (Å²) < 4.78 is 6.81. The molecular formula is C53H65N17O11. The second-order valence-corrected chi connectivity index (χ2v) is 20.0. The van der Waals surface area contributed by atoms with Crippen molar-refractivity contribution < 1.29 is 53.3 Å². The van der Waals surface area contributed by atoms with Gasteiger partial charge in [-0.25, -0.2) is 4.79 Å². The van der Waals surface area contributed by atoms with Crippen LogP contribution in [0.4, 0.5) is 0 Å². The van der Waals surface area contributed by atoms with E-state index in [-0.39, 0.29) is 68.4 Å². The molecular weight excluding hydrogens is 1050 g/mol. The third-order valence-electron chi connectivity index (χ3n) is 14.3. The quantitative estimate of drug-likeness (QED) is 0.0254. The molecule has 0 aliphatic carbocycles. The van der Waals surface area contributed by atoms with Crippen molar-refractivity contribution in [1.29, 1.82) is 0 Å². The summed E-state index contributed by atoms with van der Waals surface area (Å²) in [6, 6.07) is 5.86. The number of carboxylic acids is 1. The number of aliphatic hydroxyl groups is 1. The number of guanidine groups is 2.